The van der Waals surface area contributed by atoms with Crippen molar-refractivity contribution >= 4 is 6.08 Å². The normalized spacial score (nSPS) is 9.62. The maximum Gasteiger partial charge on any atom is -0.0233 e. The molecule has 0 atom stereocenters. The van der Waals surface area contributed by atoms with Crippen molar-refractivity contribution in [2.24, 2.45) is 0 Å². The highest BCUT2D eigenvalue weighted by Gasteiger charge is 1.90. The van der Waals surface area contributed by atoms with Crippen LogP contribution in [0.4, 0.5) is 0 Å². The molecule has 0 aliphatic carbocycles. The van der Waals surface area contributed by atoms with Crippen LogP contribution in [0.3, 0.4) is 0 Å². The lowest BCUT2D eigenvalue weighted by Crippen LogP contribution is -1.84. The van der Waals surface area contributed by atoms with Crippen LogP contribution in [0.2, 0.25) is 0 Å². The van der Waals surface area contributed by atoms with Crippen LogP contribution in [0.15, 0.2) is 61.2 Å². The van der Waals surface area contributed by atoms with Crippen molar-refractivity contribution in [2.45, 2.75) is 46.0 Å². The van der Waals surface area contributed by atoms with Gasteiger partial charge in [0.1, 0.15) is 0 Å². The fraction of sp³-hybridized carbons (Fsp3) is 0.333. The van der Waals surface area contributed by atoms with E-state index in [1.165, 1.54) is 48.8 Å². The smallest absolute Gasteiger partial charge is 0.0233 e. The summed E-state index contributed by atoms with van der Waals surface area (Å²) < 4.78 is 0. The van der Waals surface area contributed by atoms with Gasteiger partial charge in [-0.3, -0.25) is 0 Å². The van der Waals surface area contributed by atoms with Crippen LogP contribution < -0.4 is 0 Å². The van der Waals surface area contributed by atoms with Crippen LogP contribution in [0, 0.1) is 6.92 Å². The van der Waals surface area contributed by atoms with Gasteiger partial charge in [0.2, 0.25) is 0 Å². The zero-order valence-electron chi connectivity index (χ0n) is 13.5. The van der Waals surface area contributed by atoms with E-state index in [1.807, 2.05) is 18.2 Å². The van der Waals surface area contributed by atoms with Crippen LogP contribution in [0.25, 0.3) is 6.08 Å². The minimum atomic E-state index is 1.22. The lowest BCUT2D eigenvalue weighted by molar-refractivity contribution is 0.667. The third kappa shape index (κ3) is 7.51. The standard InChI is InChI=1S/C12H18.C9H10/c1-2-3-4-6-9-12-10-7-5-8-11-12;1-3-9-7-5-4-6-8(9)2/h5,7-8,10-11H,2-4,6,9H2,1H3;3-7H,1H2,2H3. The lowest BCUT2D eigenvalue weighted by atomic mass is 10.1. The zero-order chi connectivity index (χ0) is 15.3. The van der Waals surface area contributed by atoms with Crippen molar-refractivity contribution in [3.8, 4) is 0 Å². The molecule has 0 amide bonds. The highest BCUT2D eigenvalue weighted by molar-refractivity contribution is 5.50. The highest BCUT2D eigenvalue weighted by Crippen LogP contribution is 2.07. The quantitative estimate of drug-likeness (QED) is 0.533. The van der Waals surface area contributed by atoms with Crippen LogP contribution in [0.1, 0.15) is 49.3 Å². The van der Waals surface area contributed by atoms with Crippen molar-refractivity contribution in [1.29, 1.82) is 0 Å². The molecule has 0 unspecified atom stereocenters. The molecule has 21 heavy (non-hydrogen) atoms. The van der Waals surface area contributed by atoms with Crippen molar-refractivity contribution in [1.82, 2.24) is 0 Å². The molecule has 0 heterocycles. The minimum absolute atomic E-state index is 1.22. The first-order valence-electron chi connectivity index (χ1n) is 8.00. The Morgan fingerprint density at radius 2 is 1.52 bits per heavy atom. The Kier molecular flexibility index (Phi) is 8.95. The van der Waals surface area contributed by atoms with Gasteiger partial charge in [-0.25, -0.2) is 0 Å². The van der Waals surface area contributed by atoms with Crippen molar-refractivity contribution in [3.05, 3.63) is 77.9 Å². The molecule has 2 aromatic carbocycles. The van der Waals surface area contributed by atoms with Crippen molar-refractivity contribution in [3.63, 3.8) is 0 Å². The molecular formula is C21H28. The minimum Gasteiger partial charge on any atom is -0.0985 e. The number of aryl methyl sites for hydroxylation is 2. The molecule has 0 fully saturated rings. The second kappa shape index (κ2) is 10.9. The van der Waals surface area contributed by atoms with Gasteiger partial charge >= 0.3 is 0 Å². The van der Waals surface area contributed by atoms with E-state index < -0.39 is 0 Å². The highest BCUT2D eigenvalue weighted by atomic mass is 14.0. The average Bonchev–Trinajstić information content (AvgIpc) is 2.54. The SMILES string of the molecule is C=Cc1ccccc1C.CCCCCCc1ccccc1. The largest absolute Gasteiger partial charge is 0.0985 e. The summed E-state index contributed by atoms with van der Waals surface area (Å²) in [5.74, 6) is 0. The monoisotopic (exact) mass is 280 g/mol. The van der Waals surface area contributed by atoms with E-state index >= 15 is 0 Å². The number of rotatable bonds is 6. The van der Waals surface area contributed by atoms with Gasteiger partial charge in [0, 0.05) is 0 Å². The summed E-state index contributed by atoms with van der Waals surface area (Å²) in [6.07, 6.45) is 8.56. The molecule has 0 spiro atoms. The molecule has 0 saturated heterocycles. The third-order valence-electron chi connectivity index (χ3n) is 3.57. The molecule has 0 radical (unpaired) electrons. The first-order chi connectivity index (χ1) is 10.3. The van der Waals surface area contributed by atoms with E-state index in [0.29, 0.717) is 0 Å². The molecule has 0 saturated carbocycles. The number of unbranched alkanes of at least 4 members (excludes halogenated alkanes) is 3. The molecule has 0 aliphatic heterocycles. The van der Waals surface area contributed by atoms with Crippen molar-refractivity contribution < 1.29 is 0 Å². The number of hydrogen-bond donors (Lipinski definition) is 0. The summed E-state index contributed by atoms with van der Waals surface area (Å²) in [6.45, 7) is 8.02. The Labute approximate surface area is 130 Å². The number of benzene rings is 2. The Morgan fingerprint density at radius 1 is 0.857 bits per heavy atom. The maximum atomic E-state index is 3.69. The summed E-state index contributed by atoms with van der Waals surface area (Å²) in [7, 11) is 0. The van der Waals surface area contributed by atoms with E-state index in [9.17, 15) is 0 Å². The molecule has 0 aliphatic rings. The molecule has 0 nitrogen and oxygen atoms in total. The molecule has 112 valence electrons. The first kappa shape index (κ1) is 17.2. The van der Waals surface area contributed by atoms with E-state index in [-0.39, 0.29) is 0 Å². The summed E-state index contributed by atoms with van der Waals surface area (Å²) in [6, 6.07) is 18.9. The summed E-state index contributed by atoms with van der Waals surface area (Å²) in [4.78, 5) is 0. The van der Waals surface area contributed by atoms with E-state index in [0.717, 1.165) is 0 Å². The van der Waals surface area contributed by atoms with Crippen LogP contribution in [-0.2, 0) is 6.42 Å². The molecule has 2 aromatic rings. The van der Waals surface area contributed by atoms with Crippen LogP contribution >= 0.6 is 0 Å². The van der Waals surface area contributed by atoms with Gasteiger partial charge in [0.05, 0.1) is 0 Å². The average molecular weight is 280 g/mol. The summed E-state index contributed by atoms with van der Waals surface area (Å²) >= 11 is 0. The van der Waals surface area contributed by atoms with Crippen molar-refractivity contribution in [2.75, 3.05) is 0 Å². The summed E-state index contributed by atoms with van der Waals surface area (Å²) in [5, 5.41) is 0. The van der Waals surface area contributed by atoms with Gasteiger partial charge in [-0.1, -0.05) is 93.4 Å². The van der Waals surface area contributed by atoms with Gasteiger partial charge in [-0.05, 0) is 36.5 Å². The van der Waals surface area contributed by atoms with Gasteiger partial charge in [-0.15, -0.1) is 0 Å². The Hall–Kier alpha value is -1.82. The fourth-order valence-corrected chi connectivity index (χ4v) is 2.22. The van der Waals surface area contributed by atoms with E-state index in [1.54, 1.807) is 0 Å². The molecular weight excluding hydrogens is 252 g/mol. The van der Waals surface area contributed by atoms with Gasteiger partial charge in [0.25, 0.3) is 0 Å². The predicted octanol–water partition coefficient (Wildman–Crippen LogP) is 6.45. The predicted molar refractivity (Wildman–Crippen MR) is 95.6 cm³/mol. The van der Waals surface area contributed by atoms with Gasteiger partial charge in [0.15, 0.2) is 0 Å². The second-order valence-electron chi connectivity index (χ2n) is 5.36. The Bertz CT molecular complexity index is 496. The maximum absolute atomic E-state index is 3.69. The lowest BCUT2D eigenvalue weighted by Gasteiger charge is -1.99. The van der Waals surface area contributed by atoms with Crippen LogP contribution in [-0.4, -0.2) is 0 Å². The van der Waals surface area contributed by atoms with E-state index in [2.05, 4.69) is 62.9 Å². The molecule has 0 N–H and O–H groups in total. The van der Waals surface area contributed by atoms with Gasteiger partial charge < -0.3 is 0 Å². The molecule has 0 heteroatoms. The summed E-state index contributed by atoms with van der Waals surface area (Å²) in [5.41, 5.74) is 3.98. The van der Waals surface area contributed by atoms with Gasteiger partial charge in [-0.2, -0.15) is 0 Å². The molecule has 2 rings (SSSR count). The molecule has 0 bridgehead atoms. The third-order valence-corrected chi connectivity index (χ3v) is 3.57. The Morgan fingerprint density at radius 3 is 2.10 bits per heavy atom. The Balaban J connectivity index is 0.000000219. The topological polar surface area (TPSA) is 0 Å². The zero-order valence-corrected chi connectivity index (χ0v) is 13.5. The van der Waals surface area contributed by atoms with Crippen LogP contribution in [0.5, 0.6) is 0 Å². The second-order valence-corrected chi connectivity index (χ2v) is 5.36. The molecule has 0 aromatic heterocycles. The number of hydrogen-bond acceptors (Lipinski definition) is 0. The first-order valence-corrected chi connectivity index (χ1v) is 8.00. The van der Waals surface area contributed by atoms with E-state index in [4.69, 9.17) is 0 Å². The fourth-order valence-electron chi connectivity index (χ4n) is 2.22.